The minimum atomic E-state index is -0.523. The molecule has 0 aliphatic heterocycles. The third-order valence-electron chi connectivity index (χ3n) is 3.05. The zero-order chi connectivity index (χ0) is 10.9. The number of fused-ring (bicyclic) bond motifs is 1. The molecule has 4 nitrogen and oxygen atoms in total. The smallest absolute Gasteiger partial charge is 0.407 e. The van der Waals surface area contributed by atoms with E-state index in [1.54, 1.807) is 6.08 Å². The predicted molar refractivity (Wildman–Crippen MR) is 55.4 cm³/mol. The molecule has 0 aromatic rings. The highest BCUT2D eigenvalue weighted by Crippen LogP contribution is 2.38. The van der Waals surface area contributed by atoms with Gasteiger partial charge in [-0.1, -0.05) is 18.2 Å². The van der Waals surface area contributed by atoms with Crippen LogP contribution in [0.15, 0.2) is 23.8 Å². The average Bonchev–Trinajstić information content (AvgIpc) is 2.61. The third-order valence-corrected chi connectivity index (χ3v) is 3.05. The molecule has 2 aliphatic rings. The lowest BCUT2D eigenvalue weighted by Crippen LogP contribution is -2.47. The predicted octanol–water partition coefficient (Wildman–Crippen LogP) is 1.12. The number of hydrogen-bond donors (Lipinski definition) is 2. The second kappa shape index (κ2) is 3.70. The van der Waals surface area contributed by atoms with E-state index < -0.39 is 17.7 Å². The second-order valence-electron chi connectivity index (χ2n) is 3.98. The van der Waals surface area contributed by atoms with Crippen LogP contribution in [0.25, 0.3) is 0 Å². The Bertz CT molecular complexity index is 335. The molecule has 82 valence electrons. The van der Waals surface area contributed by atoms with Gasteiger partial charge in [-0.25, -0.2) is 4.79 Å². The molecule has 2 N–H and O–H groups in total. The van der Waals surface area contributed by atoms with Crippen LogP contribution in [-0.4, -0.2) is 30.0 Å². The Morgan fingerprint density at radius 2 is 2.53 bits per heavy atom. The van der Waals surface area contributed by atoms with Crippen molar-refractivity contribution >= 4 is 6.09 Å². The highest BCUT2D eigenvalue weighted by molar-refractivity contribution is 5.70. The number of amides is 1. The summed E-state index contributed by atoms with van der Waals surface area (Å²) in [4.78, 5) is 11.2. The largest absolute Gasteiger partial charge is 0.453 e. The van der Waals surface area contributed by atoms with Crippen molar-refractivity contribution in [1.82, 2.24) is 5.32 Å². The summed E-state index contributed by atoms with van der Waals surface area (Å²) in [5, 5.41) is 12.3. The number of aliphatic hydroxyl groups excluding tert-OH is 1. The van der Waals surface area contributed by atoms with Crippen LogP contribution in [0.2, 0.25) is 0 Å². The van der Waals surface area contributed by atoms with Crippen molar-refractivity contribution in [3.63, 3.8) is 0 Å². The zero-order valence-corrected chi connectivity index (χ0v) is 8.69. The van der Waals surface area contributed by atoms with Gasteiger partial charge in [-0.2, -0.15) is 0 Å². The van der Waals surface area contributed by atoms with Gasteiger partial charge >= 0.3 is 6.09 Å². The summed E-state index contributed by atoms with van der Waals surface area (Å²) in [5.74, 6) is 0. The maximum absolute atomic E-state index is 11.2. The molecular formula is C11H15NO3. The first-order chi connectivity index (χ1) is 7.16. The first-order valence-corrected chi connectivity index (χ1v) is 5.11. The number of carbonyl (C=O) groups is 1. The molecule has 1 saturated carbocycles. The minimum Gasteiger partial charge on any atom is -0.453 e. The molecule has 2 rings (SSSR count). The van der Waals surface area contributed by atoms with Gasteiger partial charge in [0.25, 0.3) is 0 Å². The maximum atomic E-state index is 11.2. The number of ether oxygens (including phenoxy) is 1. The monoisotopic (exact) mass is 209 g/mol. The van der Waals surface area contributed by atoms with Crippen LogP contribution in [-0.2, 0) is 4.74 Å². The van der Waals surface area contributed by atoms with Crippen molar-refractivity contribution in [1.29, 1.82) is 0 Å². The summed E-state index contributed by atoms with van der Waals surface area (Å²) < 4.78 is 4.61. The van der Waals surface area contributed by atoms with Crippen LogP contribution in [0.1, 0.15) is 19.3 Å². The Labute approximate surface area is 88.6 Å². The normalized spacial score (nSPS) is 33.2. The lowest BCUT2D eigenvalue weighted by Gasteiger charge is -2.31. The second-order valence-corrected chi connectivity index (χ2v) is 3.98. The molecule has 15 heavy (non-hydrogen) atoms. The molecule has 0 spiro atoms. The lowest BCUT2D eigenvalue weighted by atomic mass is 9.87. The summed E-state index contributed by atoms with van der Waals surface area (Å²) in [6.07, 6.45) is 7.24. The summed E-state index contributed by atoms with van der Waals surface area (Å²) in [5.41, 5.74) is 0.676. The number of alkyl carbamates (subject to hydrolysis) is 1. The Morgan fingerprint density at radius 1 is 1.73 bits per heavy atom. The van der Waals surface area contributed by atoms with Gasteiger partial charge in [-0.3, -0.25) is 0 Å². The molecule has 0 bridgehead atoms. The molecule has 2 unspecified atom stereocenters. The van der Waals surface area contributed by atoms with Crippen molar-refractivity contribution in [3.05, 3.63) is 23.8 Å². The van der Waals surface area contributed by atoms with Crippen LogP contribution in [0.4, 0.5) is 4.79 Å². The first-order valence-electron chi connectivity index (χ1n) is 5.11. The van der Waals surface area contributed by atoms with E-state index in [2.05, 4.69) is 10.1 Å². The van der Waals surface area contributed by atoms with Gasteiger partial charge in [0.05, 0.1) is 18.8 Å². The molecule has 2 atom stereocenters. The number of nitrogens with one attached hydrogen (secondary N) is 1. The molecule has 2 aliphatic carbocycles. The third kappa shape index (κ3) is 1.77. The van der Waals surface area contributed by atoms with E-state index in [-0.39, 0.29) is 0 Å². The molecular weight excluding hydrogens is 194 g/mol. The topological polar surface area (TPSA) is 58.6 Å². The zero-order valence-electron chi connectivity index (χ0n) is 8.69. The fraction of sp³-hybridized carbons (Fsp3) is 0.545. The summed E-state index contributed by atoms with van der Waals surface area (Å²) in [6.45, 7) is 0. The highest BCUT2D eigenvalue weighted by atomic mass is 16.5. The molecule has 0 radical (unpaired) electrons. The van der Waals surface area contributed by atoms with Crippen molar-refractivity contribution in [2.45, 2.75) is 30.9 Å². The average molecular weight is 209 g/mol. The van der Waals surface area contributed by atoms with Crippen LogP contribution in [0.3, 0.4) is 0 Å². The lowest BCUT2D eigenvalue weighted by molar-refractivity contribution is 0.163. The van der Waals surface area contributed by atoms with Crippen LogP contribution in [0.5, 0.6) is 0 Å². The van der Waals surface area contributed by atoms with Gasteiger partial charge in [0.2, 0.25) is 0 Å². The number of methoxy groups -OCH3 is 1. The van der Waals surface area contributed by atoms with Gasteiger partial charge in [0.1, 0.15) is 0 Å². The van der Waals surface area contributed by atoms with Crippen molar-refractivity contribution < 1.29 is 14.6 Å². The fourth-order valence-electron chi connectivity index (χ4n) is 2.31. The molecule has 0 aromatic carbocycles. The standard InChI is InChI=1S/C11H15NO3/c1-15-10(14)12-11-5-2-3-8(11)7-9(13)4-6-11/h4,6-7,9,13H,2-3,5H2,1H3,(H,12,14). The molecule has 0 aromatic heterocycles. The molecule has 1 amide bonds. The Balaban J connectivity index is 2.22. The number of carbonyl (C=O) groups excluding carboxylic acids is 1. The van der Waals surface area contributed by atoms with E-state index in [9.17, 15) is 9.90 Å². The Kier molecular flexibility index (Phi) is 2.52. The molecule has 0 heterocycles. The van der Waals surface area contributed by atoms with Gasteiger partial charge in [-0.15, -0.1) is 0 Å². The number of hydrogen-bond acceptors (Lipinski definition) is 3. The minimum absolute atomic E-state index is 0.410. The van der Waals surface area contributed by atoms with Crippen molar-refractivity contribution in [3.8, 4) is 0 Å². The molecule has 0 saturated heterocycles. The van der Waals surface area contributed by atoms with Crippen molar-refractivity contribution in [2.75, 3.05) is 7.11 Å². The van der Waals surface area contributed by atoms with Crippen LogP contribution in [0, 0.1) is 0 Å². The number of aliphatic hydroxyl groups is 1. The highest BCUT2D eigenvalue weighted by Gasteiger charge is 2.39. The van der Waals surface area contributed by atoms with Crippen LogP contribution < -0.4 is 5.32 Å². The van der Waals surface area contributed by atoms with Gasteiger partial charge < -0.3 is 15.2 Å². The summed E-state index contributed by atoms with van der Waals surface area (Å²) in [7, 11) is 1.35. The molecule has 4 heteroatoms. The van der Waals surface area contributed by atoms with E-state index in [0.717, 1.165) is 24.8 Å². The van der Waals surface area contributed by atoms with E-state index in [4.69, 9.17) is 0 Å². The van der Waals surface area contributed by atoms with Gasteiger partial charge in [0.15, 0.2) is 0 Å². The SMILES string of the molecule is COC(=O)NC12C=CC(O)C=C1CCC2. The van der Waals surface area contributed by atoms with Crippen molar-refractivity contribution in [2.24, 2.45) is 0 Å². The first kappa shape index (κ1) is 10.2. The molecule has 1 fully saturated rings. The quantitative estimate of drug-likeness (QED) is 0.636. The van der Waals surface area contributed by atoms with Gasteiger partial charge in [-0.05, 0) is 24.8 Å². The van der Waals surface area contributed by atoms with E-state index >= 15 is 0 Å². The van der Waals surface area contributed by atoms with Gasteiger partial charge in [0, 0.05) is 0 Å². The maximum Gasteiger partial charge on any atom is 0.407 e. The van der Waals surface area contributed by atoms with E-state index in [1.165, 1.54) is 7.11 Å². The summed E-state index contributed by atoms with van der Waals surface area (Å²) >= 11 is 0. The Morgan fingerprint density at radius 3 is 3.27 bits per heavy atom. The van der Waals surface area contributed by atoms with E-state index in [1.807, 2.05) is 12.2 Å². The van der Waals surface area contributed by atoms with E-state index in [0.29, 0.717) is 0 Å². The van der Waals surface area contributed by atoms with Crippen LogP contribution >= 0.6 is 0 Å². The fourth-order valence-corrected chi connectivity index (χ4v) is 2.31. The number of rotatable bonds is 1. The Hall–Kier alpha value is -1.29. The summed E-state index contributed by atoms with van der Waals surface area (Å²) in [6, 6.07) is 0.